The van der Waals surface area contributed by atoms with Gasteiger partial charge in [-0.25, -0.2) is 0 Å². The fourth-order valence-corrected chi connectivity index (χ4v) is 1.99. The third kappa shape index (κ3) is 3.65. The van der Waals surface area contributed by atoms with Crippen LogP contribution >= 0.6 is 0 Å². The van der Waals surface area contributed by atoms with Crippen LogP contribution in [0.1, 0.15) is 21.5 Å². The summed E-state index contributed by atoms with van der Waals surface area (Å²) in [6.07, 6.45) is -4.56. The van der Waals surface area contributed by atoms with E-state index in [9.17, 15) is 28.1 Å². The molecule has 0 aliphatic carbocycles. The number of benzene rings is 2. The van der Waals surface area contributed by atoms with Crippen molar-refractivity contribution >= 4 is 17.3 Å². The summed E-state index contributed by atoms with van der Waals surface area (Å²) in [5.74, 6) is -0.778. The van der Waals surface area contributed by atoms with Crippen LogP contribution in [0.25, 0.3) is 0 Å². The number of nitro benzene ring substituents is 1. The lowest BCUT2D eigenvalue weighted by Gasteiger charge is -2.10. The fraction of sp³-hybridized carbons (Fsp3) is 0.133. The van der Waals surface area contributed by atoms with Crippen molar-refractivity contribution in [3.8, 4) is 0 Å². The highest BCUT2D eigenvalue weighted by molar-refractivity contribution is 6.05. The van der Waals surface area contributed by atoms with Gasteiger partial charge in [-0.2, -0.15) is 13.2 Å². The smallest absolute Gasteiger partial charge is 0.321 e. The fourth-order valence-electron chi connectivity index (χ4n) is 1.99. The molecule has 2 aromatic carbocycles. The van der Waals surface area contributed by atoms with Crippen LogP contribution in [0.2, 0.25) is 0 Å². The summed E-state index contributed by atoms with van der Waals surface area (Å²) < 4.78 is 38.0. The first kappa shape index (κ1) is 16.5. The maximum Gasteiger partial charge on any atom is 0.416 e. The molecule has 1 amide bonds. The lowest BCUT2D eigenvalue weighted by molar-refractivity contribution is -0.385. The van der Waals surface area contributed by atoms with Gasteiger partial charge in [0.2, 0.25) is 0 Å². The second-order valence-electron chi connectivity index (χ2n) is 4.74. The van der Waals surface area contributed by atoms with E-state index < -0.39 is 22.6 Å². The summed E-state index contributed by atoms with van der Waals surface area (Å²) in [7, 11) is 0. The third-order valence-corrected chi connectivity index (χ3v) is 3.20. The second kappa shape index (κ2) is 6.07. The summed E-state index contributed by atoms with van der Waals surface area (Å²) in [4.78, 5) is 22.3. The Morgan fingerprint density at radius 2 is 1.83 bits per heavy atom. The molecule has 8 heteroatoms. The van der Waals surface area contributed by atoms with E-state index in [1.165, 1.54) is 31.2 Å². The zero-order valence-corrected chi connectivity index (χ0v) is 11.8. The molecule has 0 radical (unpaired) electrons. The van der Waals surface area contributed by atoms with Crippen LogP contribution in [-0.2, 0) is 6.18 Å². The summed E-state index contributed by atoms with van der Waals surface area (Å²) in [6, 6.07) is 8.03. The predicted octanol–water partition coefficient (Wildman–Crippen LogP) is 4.17. The molecule has 23 heavy (non-hydrogen) atoms. The van der Waals surface area contributed by atoms with Crippen LogP contribution in [0.4, 0.5) is 24.5 Å². The Balaban J connectivity index is 2.30. The number of nitrogens with zero attached hydrogens (tertiary/aromatic N) is 1. The van der Waals surface area contributed by atoms with Crippen LogP contribution in [0, 0.1) is 17.0 Å². The molecule has 0 aromatic heterocycles. The molecule has 0 fully saturated rings. The Kier molecular flexibility index (Phi) is 4.35. The Labute approximate surface area is 128 Å². The number of rotatable bonds is 3. The van der Waals surface area contributed by atoms with E-state index in [4.69, 9.17) is 0 Å². The lowest BCUT2D eigenvalue weighted by atomic mass is 10.1. The molecule has 2 rings (SSSR count). The van der Waals surface area contributed by atoms with Gasteiger partial charge in [-0.05, 0) is 31.2 Å². The summed E-state index contributed by atoms with van der Waals surface area (Å²) in [6.45, 7) is 1.44. The predicted molar refractivity (Wildman–Crippen MR) is 77.2 cm³/mol. The molecule has 0 heterocycles. The molecule has 0 saturated carbocycles. The average molecular weight is 324 g/mol. The number of amides is 1. The van der Waals surface area contributed by atoms with E-state index in [1.807, 2.05) is 0 Å². The van der Waals surface area contributed by atoms with Crippen LogP contribution in [-0.4, -0.2) is 10.8 Å². The number of nitrogens with one attached hydrogen (secondary N) is 1. The van der Waals surface area contributed by atoms with E-state index in [2.05, 4.69) is 5.32 Å². The van der Waals surface area contributed by atoms with Gasteiger partial charge in [-0.15, -0.1) is 0 Å². The van der Waals surface area contributed by atoms with Gasteiger partial charge >= 0.3 is 6.18 Å². The van der Waals surface area contributed by atoms with Crippen LogP contribution in [0.3, 0.4) is 0 Å². The van der Waals surface area contributed by atoms with Crippen LogP contribution < -0.4 is 5.32 Å². The van der Waals surface area contributed by atoms with Crippen molar-refractivity contribution in [2.45, 2.75) is 13.1 Å². The minimum absolute atomic E-state index is 0.168. The molecule has 1 N–H and O–H groups in total. The minimum Gasteiger partial charge on any atom is -0.321 e. The summed E-state index contributed by atoms with van der Waals surface area (Å²) in [5.41, 5.74) is -0.932. The van der Waals surface area contributed by atoms with Crippen molar-refractivity contribution in [1.82, 2.24) is 0 Å². The first-order chi connectivity index (χ1) is 10.7. The number of nitro groups is 1. The maximum absolute atomic E-state index is 12.7. The van der Waals surface area contributed by atoms with Gasteiger partial charge in [0.1, 0.15) is 0 Å². The van der Waals surface area contributed by atoms with Crippen molar-refractivity contribution in [2.24, 2.45) is 0 Å². The van der Waals surface area contributed by atoms with Gasteiger partial charge in [0.05, 0.1) is 21.7 Å². The zero-order valence-electron chi connectivity index (χ0n) is 11.8. The highest BCUT2D eigenvalue weighted by Crippen LogP contribution is 2.30. The minimum atomic E-state index is -4.56. The van der Waals surface area contributed by atoms with E-state index >= 15 is 0 Å². The molecular weight excluding hydrogens is 313 g/mol. The average Bonchev–Trinajstić information content (AvgIpc) is 2.48. The molecule has 0 unspecified atom stereocenters. The number of halogens is 3. The topological polar surface area (TPSA) is 72.2 Å². The van der Waals surface area contributed by atoms with E-state index in [0.29, 0.717) is 0 Å². The molecular formula is C15H11F3N2O3. The molecule has 0 atom stereocenters. The Morgan fingerprint density at radius 3 is 2.43 bits per heavy atom. The second-order valence-corrected chi connectivity index (χ2v) is 4.74. The Hall–Kier alpha value is -2.90. The quantitative estimate of drug-likeness (QED) is 0.680. The molecule has 0 aliphatic rings. The highest BCUT2D eigenvalue weighted by Gasteiger charge is 2.31. The molecule has 0 bridgehead atoms. The summed E-state index contributed by atoms with van der Waals surface area (Å²) >= 11 is 0. The van der Waals surface area contributed by atoms with Gasteiger partial charge in [0, 0.05) is 11.6 Å². The first-order valence-corrected chi connectivity index (χ1v) is 6.43. The van der Waals surface area contributed by atoms with Crippen molar-refractivity contribution in [3.05, 3.63) is 69.3 Å². The van der Waals surface area contributed by atoms with Gasteiger partial charge in [-0.3, -0.25) is 14.9 Å². The number of carbonyl (C=O) groups is 1. The lowest BCUT2D eigenvalue weighted by Crippen LogP contribution is -2.15. The van der Waals surface area contributed by atoms with Gasteiger partial charge in [0.15, 0.2) is 0 Å². The van der Waals surface area contributed by atoms with Crippen molar-refractivity contribution in [2.75, 3.05) is 5.32 Å². The van der Waals surface area contributed by atoms with E-state index in [1.54, 1.807) is 0 Å². The molecule has 0 aliphatic heterocycles. The number of anilines is 1. The van der Waals surface area contributed by atoms with Gasteiger partial charge < -0.3 is 5.32 Å². The number of carbonyl (C=O) groups excluding carboxylic acids is 1. The Bertz CT molecular complexity index is 773. The standard InChI is InChI=1S/C15H11F3N2O3/c1-9-12(6-3-7-13(9)20(22)23)19-14(21)10-4-2-5-11(8-10)15(16,17)18/h2-8H,1H3,(H,19,21). The van der Waals surface area contributed by atoms with Crippen LogP contribution in [0.5, 0.6) is 0 Å². The van der Waals surface area contributed by atoms with Gasteiger partial charge in [0.25, 0.3) is 11.6 Å². The zero-order chi connectivity index (χ0) is 17.2. The highest BCUT2D eigenvalue weighted by atomic mass is 19.4. The largest absolute Gasteiger partial charge is 0.416 e. The van der Waals surface area contributed by atoms with Crippen molar-refractivity contribution in [3.63, 3.8) is 0 Å². The molecule has 5 nitrogen and oxygen atoms in total. The maximum atomic E-state index is 12.7. The third-order valence-electron chi connectivity index (χ3n) is 3.20. The SMILES string of the molecule is Cc1c(NC(=O)c2cccc(C(F)(F)F)c2)cccc1[N+](=O)[O-]. The summed E-state index contributed by atoms with van der Waals surface area (Å²) in [5, 5.41) is 13.2. The van der Waals surface area contributed by atoms with Gasteiger partial charge in [-0.1, -0.05) is 12.1 Å². The number of hydrogen-bond acceptors (Lipinski definition) is 3. The van der Waals surface area contributed by atoms with Crippen LogP contribution in [0.15, 0.2) is 42.5 Å². The molecule has 120 valence electrons. The van der Waals surface area contributed by atoms with E-state index in [-0.39, 0.29) is 22.5 Å². The first-order valence-electron chi connectivity index (χ1n) is 6.43. The Morgan fingerprint density at radius 1 is 1.17 bits per heavy atom. The normalized spacial score (nSPS) is 11.1. The molecule has 0 saturated heterocycles. The van der Waals surface area contributed by atoms with E-state index in [0.717, 1.165) is 18.2 Å². The monoisotopic (exact) mass is 324 g/mol. The van der Waals surface area contributed by atoms with Crippen molar-refractivity contribution in [1.29, 1.82) is 0 Å². The van der Waals surface area contributed by atoms with Crippen molar-refractivity contribution < 1.29 is 22.9 Å². The number of hydrogen-bond donors (Lipinski definition) is 1. The number of alkyl halides is 3. The molecule has 0 spiro atoms. The molecule has 2 aromatic rings.